The van der Waals surface area contributed by atoms with Gasteiger partial charge in [-0.3, -0.25) is 0 Å². The second-order valence-electron chi connectivity index (χ2n) is 4.39. The van der Waals surface area contributed by atoms with Crippen LogP contribution < -0.4 is 58.2 Å². The molecule has 1 saturated heterocycles. The van der Waals surface area contributed by atoms with Gasteiger partial charge in [0, 0.05) is 6.04 Å². The van der Waals surface area contributed by atoms with Crippen LogP contribution in [0.3, 0.4) is 0 Å². The average Bonchev–Trinajstić information content (AvgIpc) is 2.53. The molecule has 13 heavy (non-hydrogen) atoms. The monoisotopic (exact) mass is 251 g/mol. The van der Waals surface area contributed by atoms with Crippen molar-refractivity contribution >= 4 is 0 Å². The molecule has 2 fully saturated rings. The predicted molar refractivity (Wildman–Crippen MR) is 51.9 cm³/mol. The zero-order valence-corrected chi connectivity index (χ0v) is 14.0. The summed E-state index contributed by atoms with van der Waals surface area (Å²) in [6.07, 6.45) is 11.0. The molecule has 1 heterocycles. The minimum absolute atomic E-state index is 0. The van der Waals surface area contributed by atoms with E-state index in [2.05, 4.69) is 18.4 Å². The summed E-state index contributed by atoms with van der Waals surface area (Å²) in [6.45, 7) is 1.34. The van der Waals surface area contributed by atoms with Gasteiger partial charge in [-0.1, -0.05) is 12.8 Å². The van der Waals surface area contributed by atoms with E-state index in [9.17, 15) is 0 Å². The summed E-state index contributed by atoms with van der Waals surface area (Å²) < 4.78 is 0. The molecular weight excluding hydrogens is 232 g/mol. The minimum Gasteiger partial charge on any atom is -0.328 e. The third kappa shape index (κ3) is 3.37. The van der Waals surface area contributed by atoms with Crippen molar-refractivity contribution in [2.45, 2.75) is 44.6 Å². The maximum Gasteiger partial charge on any atom is 1.00 e. The van der Waals surface area contributed by atoms with Crippen LogP contribution in [0.4, 0.5) is 0 Å². The van der Waals surface area contributed by atoms with Crippen LogP contribution in [-0.4, -0.2) is 24.5 Å². The summed E-state index contributed by atoms with van der Waals surface area (Å²) >= 11 is 0. The Bertz CT molecular complexity index is 143. The van der Waals surface area contributed by atoms with Crippen molar-refractivity contribution in [3.8, 4) is 0 Å². The summed E-state index contributed by atoms with van der Waals surface area (Å²) in [7, 11) is 2.30. The Morgan fingerprint density at radius 2 is 1.85 bits per heavy atom. The normalized spacial score (nSPS) is 31.6. The van der Waals surface area contributed by atoms with Crippen molar-refractivity contribution in [2.75, 3.05) is 13.6 Å². The molecule has 0 unspecified atom stereocenters. The van der Waals surface area contributed by atoms with Crippen molar-refractivity contribution in [3.05, 3.63) is 6.42 Å². The van der Waals surface area contributed by atoms with Gasteiger partial charge in [0.15, 0.2) is 0 Å². The molecule has 2 aliphatic rings. The van der Waals surface area contributed by atoms with Crippen molar-refractivity contribution in [1.29, 1.82) is 0 Å². The Morgan fingerprint density at radius 3 is 2.38 bits per heavy atom. The molecule has 70 valence electrons. The van der Waals surface area contributed by atoms with Gasteiger partial charge in [-0.15, -0.1) is 0 Å². The summed E-state index contributed by atoms with van der Waals surface area (Å²) in [4.78, 5) is 2.58. The first-order chi connectivity index (χ1) is 5.88. The minimum atomic E-state index is 0. The molecule has 1 aliphatic heterocycles. The maximum atomic E-state index is 2.58. The van der Waals surface area contributed by atoms with Crippen LogP contribution in [-0.2, 0) is 0 Å². The number of nitrogens with zero attached hydrogens (tertiary/aromatic N) is 1. The Balaban J connectivity index is 0.000000845. The van der Waals surface area contributed by atoms with Gasteiger partial charge in [0.25, 0.3) is 0 Å². The van der Waals surface area contributed by atoms with Crippen LogP contribution in [0.1, 0.15) is 38.5 Å². The van der Waals surface area contributed by atoms with Crippen molar-refractivity contribution in [3.63, 3.8) is 0 Å². The van der Waals surface area contributed by atoms with Crippen molar-refractivity contribution in [1.82, 2.24) is 4.90 Å². The number of likely N-dealkylation sites (tertiary alicyclic amines) is 1. The molecular formula is C11H20NRb. The van der Waals surface area contributed by atoms with Crippen molar-refractivity contribution < 1.29 is 58.2 Å². The van der Waals surface area contributed by atoms with E-state index >= 15 is 0 Å². The topological polar surface area (TPSA) is 3.24 Å². The predicted octanol–water partition coefficient (Wildman–Crippen LogP) is -0.521. The molecule has 2 rings (SSSR count). The molecule has 1 atom stereocenters. The molecule has 0 aromatic rings. The summed E-state index contributed by atoms with van der Waals surface area (Å²) in [6, 6.07) is 0.929. The first kappa shape index (κ1) is 12.8. The number of hydrogen-bond acceptors (Lipinski definition) is 1. The van der Waals surface area contributed by atoms with Crippen LogP contribution in [0.2, 0.25) is 0 Å². The molecule has 0 N–H and O–H groups in total. The zero-order chi connectivity index (χ0) is 8.39. The molecule has 0 amide bonds. The van der Waals surface area contributed by atoms with Gasteiger partial charge in [0.1, 0.15) is 0 Å². The molecule has 0 aromatic carbocycles. The van der Waals surface area contributed by atoms with Crippen LogP contribution >= 0.6 is 0 Å². The standard InChI is InChI=1S/C11H20N.Rb/c1-12-9-5-8-11(12)10-6-3-2-4-7-10;/h2,10-11H,3-9H2,1H3;/q-1;+1/t11-;/m1./s1. The second-order valence-corrected chi connectivity index (χ2v) is 4.39. The summed E-state index contributed by atoms with van der Waals surface area (Å²) in [5.74, 6) is 1.02. The molecule has 0 aromatic heterocycles. The number of rotatable bonds is 1. The molecule has 1 saturated carbocycles. The van der Waals surface area contributed by atoms with Gasteiger partial charge in [-0.05, 0) is 32.4 Å². The van der Waals surface area contributed by atoms with Gasteiger partial charge in [0.2, 0.25) is 0 Å². The fraction of sp³-hybridized carbons (Fsp3) is 0.909. The van der Waals surface area contributed by atoms with E-state index in [1.807, 2.05) is 0 Å². The summed E-state index contributed by atoms with van der Waals surface area (Å²) in [5.41, 5.74) is 0. The maximum absolute atomic E-state index is 2.58. The molecule has 0 radical (unpaired) electrons. The van der Waals surface area contributed by atoms with Gasteiger partial charge >= 0.3 is 58.2 Å². The van der Waals surface area contributed by atoms with E-state index in [0.717, 1.165) is 12.0 Å². The van der Waals surface area contributed by atoms with Crippen LogP contribution in [0.15, 0.2) is 0 Å². The Labute approximate surface area is 131 Å². The molecule has 0 bridgehead atoms. The van der Waals surface area contributed by atoms with Crippen LogP contribution in [0.25, 0.3) is 0 Å². The Kier molecular flexibility index (Phi) is 6.29. The fourth-order valence-corrected chi connectivity index (χ4v) is 2.87. The van der Waals surface area contributed by atoms with Gasteiger partial charge in [0.05, 0.1) is 0 Å². The largest absolute Gasteiger partial charge is 1.00 e. The molecule has 0 spiro atoms. The van der Waals surface area contributed by atoms with Gasteiger partial charge in [-0.25, -0.2) is 0 Å². The quantitative estimate of drug-likeness (QED) is 0.567. The number of hydrogen-bond donors (Lipinski definition) is 0. The zero-order valence-electron chi connectivity index (χ0n) is 9.13. The SMILES string of the molecule is CN1CCC[C@@H]1C1CC[CH-]CC1.[Rb+]. The molecule has 1 nitrogen and oxygen atoms in total. The van der Waals surface area contributed by atoms with E-state index in [1.165, 1.54) is 45.1 Å². The fourth-order valence-electron chi connectivity index (χ4n) is 2.87. The second kappa shape index (κ2) is 6.37. The first-order valence-corrected chi connectivity index (χ1v) is 5.40. The van der Waals surface area contributed by atoms with E-state index in [0.29, 0.717) is 0 Å². The van der Waals surface area contributed by atoms with Crippen molar-refractivity contribution in [2.24, 2.45) is 5.92 Å². The van der Waals surface area contributed by atoms with Gasteiger partial charge < -0.3 is 11.3 Å². The third-order valence-electron chi connectivity index (χ3n) is 3.60. The molecule has 1 aliphatic carbocycles. The van der Waals surface area contributed by atoms with E-state index < -0.39 is 0 Å². The molecule has 2 heteroatoms. The van der Waals surface area contributed by atoms with Gasteiger partial charge in [-0.2, -0.15) is 12.8 Å². The third-order valence-corrected chi connectivity index (χ3v) is 3.60. The first-order valence-electron chi connectivity index (χ1n) is 5.40. The Hall–Kier alpha value is 1.77. The van der Waals surface area contributed by atoms with E-state index in [4.69, 9.17) is 0 Å². The average molecular weight is 252 g/mol. The van der Waals surface area contributed by atoms with E-state index in [1.54, 1.807) is 0 Å². The smallest absolute Gasteiger partial charge is 0.328 e. The Morgan fingerprint density at radius 1 is 1.15 bits per heavy atom. The van der Waals surface area contributed by atoms with Crippen LogP contribution in [0, 0.1) is 12.3 Å². The van der Waals surface area contributed by atoms with Crippen LogP contribution in [0.5, 0.6) is 0 Å². The van der Waals surface area contributed by atoms with E-state index in [-0.39, 0.29) is 58.2 Å². The summed E-state index contributed by atoms with van der Waals surface area (Å²) in [5, 5.41) is 0.